The lowest BCUT2D eigenvalue weighted by atomic mass is 9.94. The molecule has 0 unspecified atom stereocenters. The van der Waals surface area contributed by atoms with Gasteiger partial charge in [-0.15, -0.1) is 0 Å². The molecule has 0 saturated carbocycles. The van der Waals surface area contributed by atoms with E-state index in [1.165, 1.54) is 4.68 Å². The number of hydrogen-bond acceptors (Lipinski definition) is 4. The van der Waals surface area contributed by atoms with E-state index in [0.717, 1.165) is 30.6 Å². The first-order valence-electron chi connectivity index (χ1n) is 8.20. The summed E-state index contributed by atoms with van der Waals surface area (Å²) in [5.74, 6) is 6.13. The molecule has 3 heterocycles. The molecule has 25 heavy (non-hydrogen) atoms. The number of aryl methyl sites for hydroxylation is 1. The van der Waals surface area contributed by atoms with E-state index >= 15 is 0 Å². The molecule has 1 atom stereocenters. The Balaban J connectivity index is 1.88. The third-order valence-corrected chi connectivity index (χ3v) is 4.36. The van der Waals surface area contributed by atoms with Gasteiger partial charge in [-0.2, -0.15) is 5.10 Å². The van der Waals surface area contributed by atoms with E-state index in [1.54, 1.807) is 24.7 Å². The highest BCUT2D eigenvalue weighted by atomic mass is 35.5. The van der Waals surface area contributed by atoms with Gasteiger partial charge in [0.2, 0.25) is 0 Å². The number of aromatic nitrogens is 3. The predicted molar refractivity (Wildman–Crippen MR) is 95.5 cm³/mol. The maximum Gasteiger partial charge on any atom is 0.131 e. The molecule has 1 aliphatic rings. The van der Waals surface area contributed by atoms with Crippen molar-refractivity contribution in [1.82, 2.24) is 14.8 Å². The quantitative estimate of drug-likeness (QED) is 0.673. The van der Waals surface area contributed by atoms with E-state index in [9.17, 15) is 9.50 Å². The van der Waals surface area contributed by atoms with E-state index in [1.807, 2.05) is 6.92 Å². The summed E-state index contributed by atoms with van der Waals surface area (Å²) in [6.07, 6.45) is 6.63. The van der Waals surface area contributed by atoms with Gasteiger partial charge in [-0.1, -0.05) is 23.4 Å². The van der Waals surface area contributed by atoms with Gasteiger partial charge in [-0.3, -0.25) is 4.68 Å². The van der Waals surface area contributed by atoms with Crippen LogP contribution in [0.5, 0.6) is 0 Å². The third-order valence-electron chi connectivity index (χ3n) is 4.15. The standard InChI is InChI=1S/C18H20ClFN4O/c1-18(25)5-2-7-23(13-18)16-9-17(19)21-11-15(16)4-3-14-10-22-24(12-14)8-6-20/h9-12,25H,2,5-8,13H2,1H3/t18-/m0/s1. The number of nitrogens with zero attached hydrogens (tertiary/aromatic N) is 4. The zero-order chi connectivity index (χ0) is 17.9. The van der Waals surface area contributed by atoms with Crippen LogP contribution in [-0.4, -0.2) is 45.2 Å². The van der Waals surface area contributed by atoms with Gasteiger partial charge in [0.05, 0.1) is 35.2 Å². The minimum Gasteiger partial charge on any atom is -0.388 e. The van der Waals surface area contributed by atoms with Crippen molar-refractivity contribution in [2.75, 3.05) is 24.7 Å². The van der Waals surface area contributed by atoms with E-state index in [2.05, 4.69) is 26.8 Å². The largest absolute Gasteiger partial charge is 0.388 e. The Kier molecular flexibility index (Phi) is 5.26. The van der Waals surface area contributed by atoms with Crippen LogP contribution in [0.25, 0.3) is 0 Å². The number of β-amino-alcohol motifs (C(OH)–C–C–N with tert-alkyl or cyclic N) is 1. The van der Waals surface area contributed by atoms with Crippen LogP contribution in [0.1, 0.15) is 30.9 Å². The summed E-state index contributed by atoms with van der Waals surface area (Å²) in [6, 6.07) is 1.78. The molecule has 3 rings (SSSR count). The number of rotatable bonds is 3. The van der Waals surface area contributed by atoms with Crippen LogP contribution in [0.15, 0.2) is 24.7 Å². The van der Waals surface area contributed by atoms with Crippen molar-refractivity contribution in [1.29, 1.82) is 0 Å². The lowest BCUT2D eigenvalue weighted by molar-refractivity contribution is 0.0449. The zero-order valence-electron chi connectivity index (χ0n) is 14.0. The number of pyridine rings is 1. The Bertz CT molecular complexity index is 809. The molecule has 1 N–H and O–H groups in total. The van der Waals surface area contributed by atoms with E-state index in [0.29, 0.717) is 17.3 Å². The maximum absolute atomic E-state index is 12.4. The van der Waals surface area contributed by atoms with Gasteiger partial charge in [-0.05, 0) is 19.8 Å². The molecule has 0 spiro atoms. The van der Waals surface area contributed by atoms with Gasteiger partial charge in [0.1, 0.15) is 11.8 Å². The molecule has 1 aliphatic heterocycles. The smallest absolute Gasteiger partial charge is 0.131 e. The fraction of sp³-hybridized carbons (Fsp3) is 0.444. The van der Waals surface area contributed by atoms with Crippen molar-refractivity contribution in [3.63, 3.8) is 0 Å². The van der Waals surface area contributed by atoms with E-state index in [4.69, 9.17) is 11.6 Å². The third kappa shape index (κ3) is 4.50. The summed E-state index contributed by atoms with van der Waals surface area (Å²) >= 11 is 6.07. The van der Waals surface area contributed by atoms with Crippen molar-refractivity contribution in [3.8, 4) is 11.8 Å². The lowest BCUT2D eigenvalue weighted by Gasteiger charge is -2.38. The monoisotopic (exact) mass is 362 g/mol. The fourth-order valence-electron chi connectivity index (χ4n) is 2.98. The van der Waals surface area contributed by atoms with Crippen LogP contribution in [0, 0.1) is 11.8 Å². The molecule has 0 bridgehead atoms. The number of anilines is 1. The number of piperidine rings is 1. The van der Waals surface area contributed by atoms with Crippen LogP contribution >= 0.6 is 11.6 Å². The second kappa shape index (κ2) is 7.42. The number of alkyl halides is 1. The zero-order valence-corrected chi connectivity index (χ0v) is 14.8. The molecule has 1 fully saturated rings. The van der Waals surface area contributed by atoms with Crippen molar-refractivity contribution in [3.05, 3.63) is 40.9 Å². The Hall–Kier alpha value is -2.10. The van der Waals surface area contributed by atoms with Gasteiger partial charge < -0.3 is 10.0 Å². The Labute approximate surface area is 151 Å². The highest BCUT2D eigenvalue weighted by Gasteiger charge is 2.29. The molecule has 0 aliphatic carbocycles. The second-order valence-electron chi connectivity index (χ2n) is 6.48. The van der Waals surface area contributed by atoms with Crippen molar-refractivity contribution in [2.45, 2.75) is 31.9 Å². The second-order valence-corrected chi connectivity index (χ2v) is 6.86. The molecule has 0 amide bonds. The van der Waals surface area contributed by atoms with E-state index < -0.39 is 12.3 Å². The number of hydrogen-bond donors (Lipinski definition) is 1. The molecule has 0 aromatic carbocycles. The summed E-state index contributed by atoms with van der Waals surface area (Å²) in [4.78, 5) is 6.21. The summed E-state index contributed by atoms with van der Waals surface area (Å²) in [5.41, 5.74) is 1.58. The summed E-state index contributed by atoms with van der Waals surface area (Å²) in [6.45, 7) is 2.95. The molecular formula is C18H20ClFN4O. The van der Waals surface area contributed by atoms with Gasteiger partial charge in [0, 0.05) is 31.5 Å². The Morgan fingerprint density at radius 1 is 1.40 bits per heavy atom. The Morgan fingerprint density at radius 2 is 2.24 bits per heavy atom. The lowest BCUT2D eigenvalue weighted by Crippen LogP contribution is -2.46. The predicted octanol–water partition coefficient (Wildman–Crippen LogP) is 2.65. The number of halogens is 2. The van der Waals surface area contributed by atoms with Crippen LogP contribution in [0.2, 0.25) is 5.15 Å². The van der Waals surface area contributed by atoms with Crippen LogP contribution in [0.3, 0.4) is 0 Å². The van der Waals surface area contributed by atoms with Gasteiger partial charge >= 0.3 is 0 Å². The minimum absolute atomic E-state index is 0.221. The molecule has 7 heteroatoms. The van der Waals surface area contributed by atoms with Crippen LogP contribution in [-0.2, 0) is 6.54 Å². The first-order valence-corrected chi connectivity index (χ1v) is 8.58. The minimum atomic E-state index is -0.730. The number of aliphatic hydroxyl groups is 1. The van der Waals surface area contributed by atoms with Crippen molar-refractivity contribution >= 4 is 17.3 Å². The van der Waals surface area contributed by atoms with Crippen LogP contribution < -0.4 is 4.90 Å². The Morgan fingerprint density at radius 3 is 3.00 bits per heavy atom. The molecule has 132 valence electrons. The first-order chi connectivity index (χ1) is 12.0. The summed E-state index contributed by atoms with van der Waals surface area (Å²) in [7, 11) is 0. The highest BCUT2D eigenvalue weighted by Crippen LogP contribution is 2.29. The topological polar surface area (TPSA) is 54.2 Å². The molecular weight excluding hydrogens is 343 g/mol. The highest BCUT2D eigenvalue weighted by molar-refractivity contribution is 6.29. The fourth-order valence-corrected chi connectivity index (χ4v) is 3.13. The summed E-state index contributed by atoms with van der Waals surface area (Å²) in [5, 5.41) is 14.8. The van der Waals surface area contributed by atoms with Crippen LogP contribution in [0.4, 0.5) is 10.1 Å². The normalized spacial score (nSPS) is 20.2. The van der Waals surface area contributed by atoms with Crippen molar-refractivity contribution < 1.29 is 9.50 Å². The van der Waals surface area contributed by atoms with Gasteiger partial charge in [-0.25, -0.2) is 9.37 Å². The molecule has 5 nitrogen and oxygen atoms in total. The van der Waals surface area contributed by atoms with Gasteiger partial charge in [0.15, 0.2) is 0 Å². The SMILES string of the molecule is C[C@]1(O)CCCN(c2cc(Cl)ncc2C#Cc2cnn(CCF)c2)C1. The first kappa shape index (κ1) is 17.7. The molecule has 2 aromatic rings. The molecule has 2 aromatic heterocycles. The van der Waals surface area contributed by atoms with Crippen molar-refractivity contribution in [2.24, 2.45) is 0 Å². The summed E-state index contributed by atoms with van der Waals surface area (Å²) < 4.78 is 13.9. The molecule has 1 saturated heterocycles. The van der Waals surface area contributed by atoms with Gasteiger partial charge in [0.25, 0.3) is 0 Å². The van der Waals surface area contributed by atoms with E-state index in [-0.39, 0.29) is 6.54 Å². The average Bonchev–Trinajstić information content (AvgIpc) is 3.01. The maximum atomic E-state index is 12.4. The average molecular weight is 363 g/mol. The molecule has 0 radical (unpaired) electrons.